The van der Waals surface area contributed by atoms with E-state index < -0.39 is 0 Å². The van der Waals surface area contributed by atoms with Crippen LogP contribution in [0.5, 0.6) is 11.5 Å². The Kier molecular flexibility index (Phi) is 5.76. The normalized spacial score (nSPS) is 12.1. The first-order valence-electron chi connectivity index (χ1n) is 7.66. The molecule has 0 aliphatic rings. The molecule has 0 radical (unpaired) electrons. The van der Waals surface area contributed by atoms with E-state index in [9.17, 15) is 0 Å². The van der Waals surface area contributed by atoms with Crippen molar-refractivity contribution in [3.8, 4) is 11.5 Å². The number of rotatable bonds is 7. The molecule has 0 aliphatic heterocycles. The van der Waals surface area contributed by atoms with Crippen molar-refractivity contribution in [2.75, 3.05) is 6.54 Å². The molecule has 0 amide bonds. The number of aromatic nitrogens is 1. The summed E-state index contributed by atoms with van der Waals surface area (Å²) in [5, 5.41) is 3.51. The minimum Gasteiger partial charge on any atom is -0.456 e. The Labute approximate surface area is 127 Å². The van der Waals surface area contributed by atoms with E-state index in [1.165, 1.54) is 5.56 Å². The highest BCUT2D eigenvalue weighted by Crippen LogP contribution is 2.23. The highest BCUT2D eigenvalue weighted by atomic mass is 16.5. The highest BCUT2D eigenvalue weighted by Gasteiger charge is 2.09. The molecule has 1 heterocycles. The van der Waals surface area contributed by atoms with E-state index in [1.807, 2.05) is 30.3 Å². The Morgan fingerprint density at radius 2 is 2.00 bits per heavy atom. The first-order valence-corrected chi connectivity index (χ1v) is 7.66. The first kappa shape index (κ1) is 15.5. The standard InChI is InChI=1S/C18H24N2O/c1-4-11-19-17(5-2)18-10-9-16(13-20-18)21-15-8-6-7-14(3)12-15/h6-10,12-13,17,19H,4-5,11H2,1-3H3. The molecule has 0 bridgehead atoms. The summed E-state index contributed by atoms with van der Waals surface area (Å²) in [4.78, 5) is 4.53. The molecule has 0 spiro atoms. The Balaban J connectivity index is 2.04. The molecule has 0 aliphatic carbocycles. The fraction of sp³-hybridized carbons (Fsp3) is 0.389. The van der Waals surface area contributed by atoms with Crippen LogP contribution in [0.25, 0.3) is 0 Å². The van der Waals surface area contributed by atoms with Gasteiger partial charge in [0.15, 0.2) is 0 Å². The van der Waals surface area contributed by atoms with Gasteiger partial charge in [0.05, 0.1) is 11.9 Å². The molecule has 1 aromatic carbocycles. The number of benzene rings is 1. The maximum atomic E-state index is 5.83. The van der Waals surface area contributed by atoms with Crippen LogP contribution in [-0.2, 0) is 0 Å². The molecule has 2 aromatic rings. The molecular weight excluding hydrogens is 260 g/mol. The maximum absolute atomic E-state index is 5.83. The van der Waals surface area contributed by atoms with Gasteiger partial charge in [0.2, 0.25) is 0 Å². The minimum atomic E-state index is 0.318. The lowest BCUT2D eigenvalue weighted by atomic mass is 10.1. The van der Waals surface area contributed by atoms with E-state index in [0.29, 0.717) is 6.04 Å². The van der Waals surface area contributed by atoms with E-state index in [2.05, 4.69) is 37.1 Å². The van der Waals surface area contributed by atoms with Gasteiger partial charge in [0.25, 0.3) is 0 Å². The van der Waals surface area contributed by atoms with Gasteiger partial charge in [-0.25, -0.2) is 0 Å². The molecule has 1 atom stereocenters. The molecule has 1 N–H and O–H groups in total. The third-order valence-electron chi connectivity index (χ3n) is 3.39. The van der Waals surface area contributed by atoms with E-state index in [4.69, 9.17) is 4.74 Å². The molecule has 3 nitrogen and oxygen atoms in total. The van der Waals surface area contributed by atoms with E-state index in [-0.39, 0.29) is 0 Å². The van der Waals surface area contributed by atoms with Crippen molar-refractivity contribution >= 4 is 0 Å². The van der Waals surface area contributed by atoms with Crippen molar-refractivity contribution in [3.05, 3.63) is 53.9 Å². The Bertz CT molecular complexity index is 551. The van der Waals surface area contributed by atoms with Crippen LogP contribution in [-0.4, -0.2) is 11.5 Å². The largest absolute Gasteiger partial charge is 0.456 e. The smallest absolute Gasteiger partial charge is 0.145 e. The number of ether oxygens (including phenoxy) is 1. The van der Waals surface area contributed by atoms with Crippen LogP contribution in [0.15, 0.2) is 42.6 Å². The van der Waals surface area contributed by atoms with Crippen molar-refractivity contribution in [1.82, 2.24) is 10.3 Å². The van der Waals surface area contributed by atoms with Gasteiger partial charge in [-0.05, 0) is 56.1 Å². The summed E-state index contributed by atoms with van der Waals surface area (Å²) in [6.07, 6.45) is 3.96. The van der Waals surface area contributed by atoms with E-state index in [1.54, 1.807) is 6.20 Å². The second-order valence-electron chi connectivity index (χ2n) is 5.25. The lowest BCUT2D eigenvalue weighted by molar-refractivity contribution is 0.474. The Hall–Kier alpha value is -1.87. The summed E-state index contributed by atoms with van der Waals surface area (Å²) in [5.41, 5.74) is 2.26. The zero-order chi connectivity index (χ0) is 15.1. The van der Waals surface area contributed by atoms with Crippen molar-refractivity contribution < 1.29 is 4.74 Å². The summed E-state index contributed by atoms with van der Waals surface area (Å²) in [6, 6.07) is 12.4. The van der Waals surface area contributed by atoms with Crippen molar-refractivity contribution in [2.24, 2.45) is 0 Å². The number of aryl methyl sites for hydroxylation is 1. The Morgan fingerprint density at radius 1 is 1.14 bits per heavy atom. The molecule has 1 unspecified atom stereocenters. The van der Waals surface area contributed by atoms with Crippen molar-refractivity contribution in [3.63, 3.8) is 0 Å². The minimum absolute atomic E-state index is 0.318. The molecule has 112 valence electrons. The quantitative estimate of drug-likeness (QED) is 0.804. The summed E-state index contributed by atoms with van der Waals surface area (Å²) >= 11 is 0. The SMILES string of the molecule is CCCNC(CC)c1ccc(Oc2cccc(C)c2)cn1. The molecule has 21 heavy (non-hydrogen) atoms. The van der Waals surface area contributed by atoms with Gasteiger partial charge in [0.1, 0.15) is 11.5 Å². The molecule has 0 saturated carbocycles. The van der Waals surface area contributed by atoms with E-state index >= 15 is 0 Å². The summed E-state index contributed by atoms with van der Waals surface area (Å²) in [5.74, 6) is 1.62. The van der Waals surface area contributed by atoms with Gasteiger partial charge in [-0.15, -0.1) is 0 Å². The topological polar surface area (TPSA) is 34.1 Å². The molecule has 2 rings (SSSR count). The van der Waals surface area contributed by atoms with E-state index in [0.717, 1.165) is 36.6 Å². The molecular formula is C18H24N2O. The number of nitrogens with one attached hydrogen (secondary N) is 1. The van der Waals surface area contributed by atoms with Crippen LogP contribution in [0.4, 0.5) is 0 Å². The average molecular weight is 284 g/mol. The third-order valence-corrected chi connectivity index (χ3v) is 3.39. The number of hydrogen-bond donors (Lipinski definition) is 1. The predicted molar refractivity (Wildman–Crippen MR) is 86.8 cm³/mol. The molecule has 0 fully saturated rings. The fourth-order valence-corrected chi connectivity index (χ4v) is 2.25. The zero-order valence-electron chi connectivity index (χ0n) is 13.1. The number of hydrogen-bond acceptors (Lipinski definition) is 3. The van der Waals surface area contributed by atoms with Crippen LogP contribution in [0.3, 0.4) is 0 Å². The predicted octanol–water partition coefficient (Wildman–Crippen LogP) is 4.63. The second kappa shape index (κ2) is 7.79. The zero-order valence-corrected chi connectivity index (χ0v) is 13.1. The monoisotopic (exact) mass is 284 g/mol. The van der Waals surface area contributed by atoms with Gasteiger partial charge < -0.3 is 10.1 Å². The first-order chi connectivity index (χ1) is 10.2. The lowest BCUT2D eigenvalue weighted by Crippen LogP contribution is -2.22. The highest BCUT2D eigenvalue weighted by molar-refractivity contribution is 5.33. The number of nitrogens with zero attached hydrogens (tertiary/aromatic N) is 1. The number of pyridine rings is 1. The summed E-state index contributed by atoms with van der Waals surface area (Å²) < 4.78 is 5.83. The fourth-order valence-electron chi connectivity index (χ4n) is 2.25. The van der Waals surface area contributed by atoms with Crippen molar-refractivity contribution in [1.29, 1.82) is 0 Å². The molecule has 1 aromatic heterocycles. The van der Waals surface area contributed by atoms with Gasteiger partial charge >= 0.3 is 0 Å². The van der Waals surface area contributed by atoms with Gasteiger partial charge in [-0.2, -0.15) is 0 Å². The van der Waals surface area contributed by atoms with Crippen LogP contribution in [0.2, 0.25) is 0 Å². The summed E-state index contributed by atoms with van der Waals surface area (Å²) in [7, 11) is 0. The maximum Gasteiger partial charge on any atom is 0.145 e. The van der Waals surface area contributed by atoms with Gasteiger partial charge in [-0.1, -0.05) is 26.0 Å². The summed E-state index contributed by atoms with van der Waals surface area (Å²) in [6.45, 7) is 7.42. The molecule has 0 saturated heterocycles. The second-order valence-corrected chi connectivity index (χ2v) is 5.25. The average Bonchev–Trinajstić information content (AvgIpc) is 2.49. The molecule has 3 heteroatoms. The third kappa shape index (κ3) is 4.57. The van der Waals surface area contributed by atoms with Crippen LogP contribution in [0.1, 0.15) is 44.0 Å². The Morgan fingerprint density at radius 3 is 2.62 bits per heavy atom. The van der Waals surface area contributed by atoms with Crippen molar-refractivity contribution in [2.45, 2.75) is 39.7 Å². The van der Waals surface area contributed by atoms with Crippen LogP contribution in [0, 0.1) is 6.92 Å². The van der Waals surface area contributed by atoms with Crippen LogP contribution < -0.4 is 10.1 Å². The lowest BCUT2D eigenvalue weighted by Gasteiger charge is -2.16. The van der Waals surface area contributed by atoms with Crippen LogP contribution >= 0.6 is 0 Å². The van der Waals surface area contributed by atoms with Gasteiger partial charge in [0, 0.05) is 6.04 Å². The van der Waals surface area contributed by atoms with Gasteiger partial charge in [-0.3, -0.25) is 4.98 Å².